The van der Waals surface area contributed by atoms with Crippen molar-refractivity contribution in [2.45, 2.75) is 12.5 Å². The second-order valence-electron chi connectivity index (χ2n) is 6.03. The van der Waals surface area contributed by atoms with Gasteiger partial charge in [-0.3, -0.25) is 4.90 Å². The zero-order chi connectivity index (χ0) is 19.2. The van der Waals surface area contributed by atoms with Gasteiger partial charge in [0, 0.05) is 18.1 Å². The van der Waals surface area contributed by atoms with Gasteiger partial charge in [0.15, 0.2) is 0 Å². The van der Waals surface area contributed by atoms with Crippen LogP contribution in [0.25, 0.3) is 5.57 Å². The van der Waals surface area contributed by atoms with Gasteiger partial charge >= 0.3 is 6.09 Å². The molecule has 2 aromatic carbocycles. The average Bonchev–Trinajstić information content (AvgIpc) is 2.71. The topological polar surface area (TPSA) is 49.8 Å². The Balaban J connectivity index is 2.02. The number of para-hydroxylation sites is 2. The molecular formula is C23H19NO3. The number of terminal acetylenes is 2. The lowest BCUT2D eigenvalue weighted by molar-refractivity contribution is 0.207. The summed E-state index contributed by atoms with van der Waals surface area (Å²) in [6, 6.07) is 15.6. The molecule has 27 heavy (non-hydrogen) atoms. The number of carbonyl (C=O) groups is 1. The number of nitrogens with zero attached hydrogens (tertiary/aromatic N) is 1. The van der Waals surface area contributed by atoms with Crippen molar-refractivity contribution in [1.29, 1.82) is 0 Å². The Hall–Kier alpha value is -3.47. The normalized spacial score (nSPS) is 16.3. The van der Waals surface area contributed by atoms with E-state index >= 15 is 0 Å². The third kappa shape index (κ3) is 3.72. The van der Waals surface area contributed by atoms with E-state index in [9.17, 15) is 9.90 Å². The van der Waals surface area contributed by atoms with Gasteiger partial charge in [-0.1, -0.05) is 48.2 Å². The van der Waals surface area contributed by atoms with Crippen LogP contribution in [0.1, 0.15) is 12.0 Å². The van der Waals surface area contributed by atoms with E-state index in [1.54, 1.807) is 30.3 Å². The molecule has 1 heterocycles. The summed E-state index contributed by atoms with van der Waals surface area (Å²) in [5.74, 6) is 5.49. The van der Waals surface area contributed by atoms with E-state index in [0.717, 1.165) is 11.1 Å². The number of fused-ring (bicyclic) bond motifs is 1. The number of ether oxygens (including phenoxy) is 1. The minimum atomic E-state index is -0.638. The van der Waals surface area contributed by atoms with Crippen molar-refractivity contribution in [2.24, 2.45) is 5.92 Å². The fraction of sp³-hybridized carbons (Fsp3) is 0.174. The molecule has 0 bridgehead atoms. The lowest BCUT2D eigenvalue weighted by Crippen LogP contribution is -2.43. The lowest BCUT2D eigenvalue weighted by Gasteiger charge is -2.34. The van der Waals surface area contributed by atoms with E-state index in [1.165, 1.54) is 4.90 Å². The zero-order valence-corrected chi connectivity index (χ0v) is 14.7. The predicted molar refractivity (Wildman–Crippen MR) is 106 cm³/mol. The van der Waals surface area contributed by atoms with E-state index < -0.39 is 12.1 Å². The van der Waals surface area contributed by atoms with E-state index in [4.69, 9.17) is 17.6 Å². The van der Waals surface area contributed by atoms with E-state index in [0.29, 0.717) is 17.9 Å². The minimum Gasteiger partial charge on any atom is -0.410 e. The second-order valence-corrected chi connectivity index (χ2v) is 6.03. The maximum atomic E-state index is 12.9. The molecule has 1 amide bonds. The number of allylic oxidation sites excluding steroid dienone is 1. The fourth-order valence-electron chi connectivity index (χ4n) is 3.15. The van der Waals surface area contributed by atoms with Crippen molar-refractivity contribution < 1.29 is 14.6 Å². The average molecular weight is 357 g/mol. The van der Waals surface area contributed by atoms with Crippen LogP contribution < -0.4 is 9.64 Å². The van der Waals surface area contributed by atoms with Gasteiger partial charge in [0.05, 0.1) is 5.69 Å². The van der Waals surface area contributed by atoms with Gasteiger partial charge in [0.25, 0.3) is 0 Å². The van der Waals surface area contributed by atoms with Crippen molar-refractivity contribution in [2.75, 3.05) is 11.5 Å². The second kappa shape index (κ2) is 8.27. The zero-order valence-electron chi connectivity index (χ0n) is 14.7. The van der Waals surface area contributed by atoms with Gasteiger partial charge in [0.2, 0.25) is 0 Å². The Kier molecular flexibility index (Phi) is 5.61. The summed E-state index contributed by atoms with van der Waals surface area (Å²) < 4.78 is 5.49. The van der Waals surface area contributed by atoms with Crippen LogP contribution in [-0.2, 0) is 0 Å². The van der Waals surface area contributed by atoms with E-state index in [2.05, 4.69) is 11.8 Å². The molecule has 0 spiro atoms. The highest BCUT2D eigenvalue weighted by molar-refractivity contribution is 5.98. The van der Waals surface area contributed by atoms with Gasteiger partial charge in [-0.2, -0.15) is 0 Å². The summed E-state index contributed by atoms with van der Waals surface area (Å²) in [4.78, 5) is 14.3. The molecule has 2 atom stereocenters. The Labute approximate surface area is 159 Å². The number of hydrogen-bond acceptors (Lipinski definition) is 3. The molecule has 0 aliphatic carbocycles. The molecule has 4 nitrogen and oxygen atoms in total. The highest BCUT2D eigenvalue weighted by Crippen LogP contribution is 2.39. The first kappa shape index (κ1) is 18.3. The smallest absolute Gasteiger partial charge is 0.410 e. The Bertz CT molecular complexity index is 934. The molecule has 0 saturated heterocycles. The molecule has 134 valence electrons. The molecule has 3 rings (SSSR count). The van der Waals surface area contributed by atoms with Gasteiger partial charge in [-0.15, -0.1) is 12.8 Å². The van der Waals surface area contributed by atoms with Crippen LogP contribution in [0.15, 0.2) is 60.7 Å². The van der Waals surface area contributed by atoms with Crippen LogP contribution in [-0.4, -0.2) is 23.8 Å². The standard InChI is InChI=1S/C23H19NO3/c1-3-17(14-15-25)21-16-18(4-2)24(22-13-9-8-12-20(21)22)23(26)27-19-10-6-5-7-11-19/h1-2,5-13,16-18,25H,14-15H2/t17-,18-/m0/s1. The minimum absolute atomic E-state index is 0.0329. The third-order valence-electron chi connectivity index (χ3n) is 4.40. The van der Waals surface area contributed by atoms with Crippen LogP contribution in [0, 0.1) is 30.6 Å². The number of carbonyl (C=O) groups excluding carboxylic acids is 1. The molecule has 0 unspecified atom stereocenters. The van der Waals surface area contributed by atoms with Crippen LogP contribution in [0.3, 0.4) is 0 Å². The van der Waals surface area contributed by atoms with Gasteiger partial charge < -0.3 is 9.84 Å². The SMILES string of the molecule is C#C[C@@H](CCO)C1=C[C@H](C#C)N(C(=O)Oc2ccccc2)c2ccccc21. The highest BCUT2D eigenvalue weighted by atomic mass is 16.6. The fourth-order valence-corrected chi connectivity index (χ4v) is 3.15. The number of rotatable bonds is 4. The number of benzene rings is 2. The van der Waals surface area contributed by atoms with Crippen molar-refractivity contribution in [1.82, 2.24) is 0 Å². The highest BCUT2D eigenvalue weighted by Gasteiger charge is 2.33. The molecule has 2 aromatic rings. The lowest BCUT2D eigenvalue weighted by atomic mass is 9.85. The van der Waals surface area contributed by atoms with Crippen molar-refractivity contribution >= 4 is 17.4 Å². The molecule has 0 saturated carbocycles. The summed E-state index contributed by atoms with van der Waals surface area (Å²) in [6.45, 7) is -0.0329. The largest absolute Gasteiger partial charge is 0.421 e. The first-order valence-corrected chi connectivity index (χ1v) is 8.60. The number of hydrogen-bond donors (Lipinski definition) is 1. The Morgan fingerprint density at radius 3 is 2.52 bits per heavy atom. The molecule has 1 aliphatic rings. The van der Waals surface area contributed by atoms with Crippen LogP contribution in [0.5, 0.6) is 5.75 Å². The Morgan fingerprint density at radius 2 is 1.85 bits per heavy atom. The monoisotopic (exact) mass is 357 g/mol. The van der Waals surface area contributed by atoms with Gasteiger partial charge in [-0.05, 0) is 36.3 Å². The van der Waals surface area contributed by atoms with Crippen molar-refractivity contribution in [3.8, 4) is 30.4 Å². The summed E-state index contributed by atoms with van der Waals surface area (Å²) in [6.07, 6.45) is 13.0. The first-order chi connectivity index (χ1) is 13.2. The molecule has 0 aromatic heterocycles. The van der Waals surface area contributed by atoms with E-state index in [1.807, 2.05) is 30.3 Å². The van der Waals surface area contributed by atoms with Crippen LogP contribution in [0.2, 0.25) is 0 Å². The molecular weight excluding hydrogens is 338 g/mol. The molecule has 0 fully saturated rings. The third-order valence-corrected chi connectivity index (χ3v) is 4.40. The number of amides is 1. The quantitative estimate of drug-likeness (QED) is 0.849. The number of aliphatic hydroxyl groups excluding tert-OH is 1. The molecule has 0 radical (unpaired) electrons. The van der Waals surface area contributed by atoms with Crippen molar-refractivity contribution in [3.05, 3.63) is 66.2 Å². The van der Waals surface area contributed by atoms with Crippen LogP contribution in [0.4, 0.5) is 10.5 Å². The molecule has 1 N–H and O–H groups in total. The molecule has 1 aliphatic heterocycles. The van der Waals surface area contributed by atoms with Crippen molar-refractivity contribution in [3.63, 3.8) is 0 Å². The summed E-state index contributed by atoms with van der Waals surface area (Å²) >= 11 is 0. The number of anilines is 1. The number of aliphatic hydroxyl groups is 1. The predicted octanol–water partition coefficient (Wildman–Crippen LogP) is 3.72. The molecule has 4 heteroatoms. The van der Waals surface area contributed by atoms with Gasteiger partial charge in [0.1, 0.15) is 11.8 Å². The maximum Gasteiger partial charge on any atom is 0.421 e. The van der Waals surface area contributed by atoms with E-state index in [-0.39, 0.29) is 12.5 Å². The maximum absolute atomic E-state index is 12.9. The Morgan fingerprint density at radius 1 is 1.15 bits per heavy atom. The first-order valence-electron chi connectivity index (χ1n) is 8.60. The van der Waals surface area contributed by atoms with Gasteiger partial charge in [-0.25, -0.2) is 4.79 Å². The summed E-state index contributed by atoms with van der Waals surface area (Å²) in [5.41, 5.74) is 2.29. The van der Waals surface area contributed by atoms with Crippen LogP contribution >= 0.6 is 0 Å². The summed E-state index contributed by atoms with van der Waals surface area (Å²) in [7, 11) is 0. The summed E-state index contributed by atoms with van der Waals surface area (Å²) in [5, 5.41) is 9.33.